The van der Waals surface area contributed by atoms with Crippen molar-refractivity contribution in [2.45, 2.75) is 19.4 Å². The molecule has 1 unspecified atom stereocenters. The fraction of sp³-hybridized carbons (Fsp3) is 0.538. The standard InChI is InChI=1S/C26H38N6O2.BrH/c1-22-9-11-27-25(19-22)31-13-15-32(16-14-31)26(29-20-24-21-33-17-18-34-24)28-10-6-12-30(2)23-7-4-3-5-8-23;/h3-5,7-9,11,19,24H,6,10,12-18,20-21H2,1-2H3,(H,28,29);1H. The lowest BCUT2D eigenvalue weighted by molar-refractivity contribution is -0.0833. The minimum atomic E-state index is 0. The zero-order valence-corrected chi connectivity index (χ0v) is 22.6. The lowest BCUT2D eigenvalue weighted by atomic mass is 10.2. The van der Waals surface area contributed by atoms with E-state index in [9.17, 15) is 0 Å². The van der Waals surface area contributed by atoms with E-state index in [1.54, 1.807) is 0 Å². The summed E-state index contributed by atoms with van der Waals surface area (Å²) >= 11 is 0. The highest BCUT2D eigenvalue weighted by atomic mass is 79.9. The zero-order chi connectivity index (χ0) is 23.6. The van der Waals surface area contributed by atoms with Crippen molar-refractivity contribution in [3.8, 4) is 0 Å². The summed E-state index contributed by atoms with van der Waals surface area (Å²) in [5, 5.41) is 3.62. The van der Waals surface area contributed by atoms with E-state index < -0.39 is 0 Å². The van der Waals surface area contributed by atoms with Gasteiger partial charge in [0.05, 0.1) is 26.4 Å². The first kappa shape index (κ1) is 27.2. The third-order valence-electron chi connectivity index (χ3n) is 6.28. The molecule has 1 aromatic heterocycles. The molecule has 0 amide bonds. The Morgan fingerprint density at radius 2 is 1.94 bits per heavy atom. The number of aliphatic imine (C=N–C) groups is 1. The van der Waals surface area contributed by atoms with Crippen LogP contribution in [0.25, 0.3) is 0 Å². The number of para-hydroxylation sites is 1. The third-order valence-corrected chi connectivity index (χ3v) is 6.28. The average molecular weight is 548 g/mol. The Hall–Kier alpha value is -2.36. The molecule has 35 heavy (non-hydrogen) atoms. The normalized spacial score (nSPS) is 18.7. The van der Waals surface area contributed by atoms with Gasteiger partial charge in [0, 0.05) is 58.2 Å². The van der Waals surface area contributed by atoms with Gasteiger partial charge in [-0.05, 0) is 43.2 Å². The predicted octanol–water partition coefficient (Wildman–Crippen LogP) is 2.98. The second kappa shape index (κ2) is 14.3. The Kier molecular flexibility index (Phi) is 11.1. The van der Waals surface area contributed by atoms with Crippen molar-refractivity contribution >= 4 is 34.4 Å². The van der Waals surface area contributed by atoms with Gasteiger partial charge in [-0.3, -0.25) is 4.99 Å². The number of benzene rings is 1. The van der Waals surface area contributed by atoms with Gasteiger partial charge in [0.15, 0.2) is 5.96 Å². The molecule has 0 aliphatic carbocycles. The van der Waals surface area contributed by atoms with E-state index in [1.165, 1.54) is 11.3 Å². The SMILES string of the molecule is Br.Cc1ccnc(N2CCN(C(=NCC3COCCO3)NCCCN(C)c3ccccc3)CC2)c1. The number of nitrogens with zero attached hydrogens (tertiary/aromatic N) is 5. The van der Waals surface area contributed by atoms with Crippen LogP contribution in [-0.4, -0.2) is 94.6 Å². The molecule has 192 valence electrons. The Balaban J connectivity index is 0.00000342. The quantitative estimate of drug-likeness (QED) is 0.310. The zero-order valence-electron chi connectivity index (χ0n) is 20.9. The van der Waals surface area contributed by atoms with Gasteiger partial charge in [-0.1, -0.05) is 18.2 Å². The Bertz CT molecular complexity index is 902. The highest BCUT2D eigenvalue weighted by Crippen LogP contribution is 2.15. The fourth-order valence-electron chi connectivity index (χ4n) is 4.27. The third kappa shape index (κ3) is 8.37. The van der Waals surface area contributed by atoms with Crippen molar-refractivity contribution in [3.05, 3.63) is 54.2 Å². The van der Waals surface area contributed by atoms with Crippen molar-refractivity contribution in [3.63, 3.8) is 0 Å². The number of aromatic nitrogens is 1. The Morgan fingerprint density at radius 1 is 1.14 bits per heavy atom. The molecule has 9 heteroatoms. The molecule has 2 aliphatic rings. The highest BCUT2D eigenvalue weighted by Gasteiger charge is 2.22. The van der Waals surface area contributed by atoms with Gasteiger partial charge in [0.25, 0.3) is 0 Å². The topological polar surface area (TPSA) is 65.5 Å². The monoisotopic (exact) mass is 546 g/mol. The van der Waals surface area contributed by atoms with Gasteiger partial charge < -0.3 is 29.5 Å². The van der Waals surface area contributed by atoms with Gasteiger partial charge in [0.1, 0.15) is 11.9 Å². The van der Waals surface area contributed by atoms with E-state index in [2.05, 4.69) is 75.4 Å². The molecule has 2 aliphatic heterocycles. The number of pyridine rings is 1. The van der Waals surface area contributed by atoms with E-state index in [4.69, 9.17) is 14.5 Å². The number of hydrogen-bond acceptors (Lipinski definition) is 6. The van der Waals surface area contributed by atoms with E-state index in [1.807, 2.05) is 12.3 Å². The molecule has 2 fully saturated rings. The first-order chi connectivity index (χ1) is 16.7. The molecular weight excluding hydrogens is 508 g/mol. The molecule has 0 saturated carbocycles. The summed E-state index contributed by atoms with van der Waals surface area (Å²) in [5.41, 5.74) is 2.48. The largest absolute Gasteiger partial charge is 0.376 e. The number of halogens is 1. The minimum Gasteiger partial charge on any atom is -0.376 e. The Labute approximate surface area is 220 Å². The van der Waals surface area contributed by atoms with Crippen molar-refractivity contribution in [1.29, 1.82) is 0 Å². The minimum absolute atomic E-state index is 0. The molecule has 4 rings (SSSR count). The molecule has 1 atom stereocenters. The van der Waals surface area contributed by atoms with Crippen LogP contribution in [0.5, 0.6) is 0 Å². The number of aryl methyl sites for hydroxylation is 1. The van der Waals surface area contributed by atoms with Crippen molar-refractivity contribution < 1.29 is 9.47 Å². The summed E-state index contributed by atoms with van der Waals surface area (Å²) < 4.78 is 11.4. The first-order valence-electron chi connectivity index (χ1n) is 12.4. The second-order valence-electron chi connectivity index (χ2n) is 8.93. The fourth-order valence-corrected chi connectivity index (χ4v) is 4.27. The van der Waals surface area contributed by atoms with Crippen LogP contribution in [-0.2, 0) is 9.47 Å². The predicted molar refractivity (Wildman–Crippen MR) is 148 cm³/mol. The molecular formula is C26H39BrN6O2. The van der Waals surface area contributed by atoms with E-state index in [-0.39, 0.29) is 23.1 Å². The first-order valence-corrected chi connectivity index (χ1v) is 12.4. The van der Waals surface area contributed by atoms with Gasteiger partial charge in [-0.2, -0.15) is 0 Å². The lowest BCUT2D eigenvalue weighted by Crippen LogP contribution is -2.53. The maximum Gasteiger partial charge on any atom is 0.194 e. The molecule has 0 bridgehead atoms. The van der Waals surface area contributed by atoms with Crippen molar-refractivity contribution in [2.75, 3.05) is 82.5 Å². The summed E-state index contributed by atoms with van der Waals surface area (Å²) in [7, 11) is 2.14. The Morgan fingerprint density at radius 3 is 2.66 bits per heavy atom. The molecule has 3 heterocycles. The smallest absolute Gasteiger partial charge is 0.194 e. The van der Waals surface area contributed by atoms with Crippen LogP contribution < -0.4 is 15.1 Å². The number of nitrogens with one attached hydrogen (secondary N) is 1. The maximum absolute atomic E-state index is 5.81. The lowest BCUT2D eigenvalue weighted by Gasteiger charge is -2.37. The molecule has 1 aromatic carbocycles. The van der Waals surface area contributed by atoms with E-state index in [0.29, 0.717) is 26.4 Å². The maximum atomic E-state index is 5.81. The van der Waals surface area contributed by atoms with E-state index >= 15 is 0 Å². The van der Waals surface area contributed by atoms with Gasteiger partial charge >= 0.3 is 0 Å². The number of hydrogen-bond donors (Lipinski definition) is 1. The van der Waals surface area contributed by atoms with Gasteiger partial charge in [-0.15, -0.1) is 17.0 Å². The molecule has 2 aromatic rings. The van der Waals surface area contributed by atoms with Crippen LogP contribution >= 0.6 is 17.0 Å². The number of rotatable bonds is 8. The average Bonchev–Trinajstić information content (AvgIpc) is 2.89. The summed E-state index contributed by atoms with van der Waals surface area (Å²) in [6.07, 6.45) is 2.96. The number of guanidine groups is 1. The molecule has 1 N–H and O–H groups in total. The summed E-state index contributed by atoms with van der Waals surface area (Å²) in [5.74, 6) is 2.02. The number of anilines is 2. The van der Waals surface area contributed by atoms with Crippen LogP contribution in [0, 0.1) is 6.92 Å². The van der Waals surface area contributed by atoms with Crippen molar-refractivity contribution in [2.24, 2.45) is 4.99 Å². The molecule has 2 saturated heterocycles. The second-order valence-corrected chi connectivity index (χ2v) is 8.93. The van der Waals surface area contributed by atoms with Crippen LogP contribution in [0.2, 0.25) is 0 Å². The molecule has 0 radical (unpaired) electrons. The van der Waals surface area contributed by atoms with Gasteiger partial charge in [-0.25, -0.2) is 4.98 Å². The van der Waals surface area contributed by atoms with Crippen LogP contribution in [0.4, 0.5) is 11.5 Å². The highest BCUT2D eigenvalue weighted by molar-refractivity contribution is 8.93. The number of piperazine rings is 1. The van der Waals surface area contributed by atoms with E-state index in [0.717, 1.165) is 57.5 Å². The summed E-state index contributed by atoms with van der Waals surface area (Å²) in [6.45, 7) is 10.2. The van der Waals surface area contributed by atoms with Crippen LogP contribution in [0.3, 0.4) is 0 Å². The summed E-state index contributed by atoms with van der Waals surface area (Å²) in [6, 6.07) is 14.7. The number of ether oxygens (including phenoxy) is 2. The van der Waals surface area contributed by atoms with Crippen LogP contribution in [0.15, 0.2) is 53.7 Å². The summed E-state index contributed by atoms with van der Waals surface area (Å²) in [4.78, 5) is 16.5. The molecule has 0 spiro atoms. The molecule has 8 nitrogen and oxygen atoms in total. The van der Waals surface area contributed by atoms with Crippen LogP contribution in [0.1, 0.15) is 12.0 Å². The van der Waals surface area contributed by atoms with Gasteiger partial charge in [0.2, 0.25) is 0 Å². The van der Waals surface area contributed by atoms with Crippen molar-refractivity contribution in [1.82, 2.24) is 15.2 Å².